The number of fused-ring (bicyclic) bond motifs is 3. The van der Waals surface area contributed by atoms with E-state index < -0.39 is 30.1 Å². The van der Waals surface area contributed by atoms with Crippen molar-refractivity contribution >= 4 is 18.0 Å². The van der Waals surface area contributed by atoms with Gasteiger partial charge in [0, 0.05) is 12.3 Å². The summed E-state index contributed by atoms with van der Waals surface area (Å²) in [6.45, 7) is 1.36. The minimum Gasteiger partial charge on any atom is -0.479 e. The van der Waals surface area contributed by atoms with Gasteiger partial charge < -0.3 is 15.2 Å². The van der Waals surface area contributed by atoms with E-state index in [4.69, 9.17) is 19.9 Å². The van der Waals surface area contributed by atoms with Crippen LogP contribution in [0, 0.1) is 11.3 Å². The Kier molecular flexibility index (Phi) is 8.60. The van der Waals surface area contributed by atoms with Crippen LogP contribution >= 0.6 is 0 Å². The number of rotatable bonds is 11. The van der Waals surface area contributed by atoms with Crippen molar-refractivity contribution in [3.63, 3.8) is 0 Å². The molecular formula is C25H27N3O6. The molecule has 0 fully saturated rings. The zero-order valence-electron chi connectivity index (χ0n) is 18.8. The molecule has 3 N–H and O–H groups in total. The number of alkyl carbamates (subject to hydrolysis) is 1. The first kappa shape index (κ1) is 24.7. The highest BCUT2D eigenvalue weighted by Crippen LogP contribution is 2.44. The highest BCUT2D eigenvalue weighted by atomic mass is 16.7. The molecule has 0 bridgehead atoms. The van der Waals surface area contributed by atoms with Gasteiger partial charge in [0.25, 0.3) is 5.91 Å². The molecule has 0 spiro atoms. The van der Waals surface area contributed by atoms with Crippen molar-refractivity contribution in [1.82, 2.24) is 10.8 Å². The van der Waals surface area contributed by atoms with Gasteiger partial charge in [0.1, 0.15) is 12.6 Å². The van der Waals surface area contributed by atoms with E-state index in [9.17, 15) is 14.4 Å². The van der Waals surface area contributed by atoms with Crippen LogP contribution in [-0.4, -0.2) is 41.8 Å². The summed E-state index contributed by atoms with van der Waals surface area (Å²) < 4.78 is 5.49. The average molecular weight is 466 g/mol. The predicted octanol–water partition coefficient (Wildman–Crippen LogP) is 3.50. The van der Waals surface area contributed by atoms with Crippen molar-refractivity contribution in [1.29, 1.82) is 5.26 Å². The molecule has 0 aliphatic heterocycles. The largest absolute Gasteiger partial charge is 0.479 e. The Morgan fingerprint density at radius 3 is 2.26 bits per heavy atom. The number of unbranched alkanes of at least 4 members (excludes halogenated alkanes) is 2. The maximum absolute atomic E-state index is 12.6. The van der Waals surface area contributed by atoms with E-state index in [1.165, 1.54) is 6.92 Å². The first-order chi connectivity index (χ1) is 16.4. The zero-order valence-corrected chi connectivity index (χ0v) is 18.8. The number of nitrogens with zero attached hydrogens (tertiary/aromatic N) is 1. The molecule has 2 atom stereocenters. The summed E-state index contributed by atoms with van der Waals surface area (Å²) in [7, 11) is 0. The van der Waals surface area contributed by atoms with Gasteiger partial charge in [0.05, 0.1) is 6.07 Å². The number of nitriles is 1. The normalized spacial score (nSPS) is 13.6. The maximum atomic E-state index is 12.6. The third kappa shape index (κ3) is 6.11. The van der Waals surface area contributed by atoms with Gasteiger partial charge in [-0.3, -0.25) is 9.63 Å². The Hall–Kier alpha value is -3.90. The molecule has 2 aromatic carbocycles. The Morgan fingerprint density at radius 1 is 1.06 bits per heavy atom. The van der Waals surface area contributed by atoms with E-state index in [-0.39, 0.29) is 18.9 Å². The lowest BCUT2D eigenvalue weighted by Crippen LogP contribution is -2.48. The number of carbonyl (C=O) groups excluding carboxylic acids is 2. The number of ether oxygens (including phenoxy) is 1. The van der Waals surface area contributed by atoms with E-state index >= 15 is 0 Å². The molecular weight excluding hydrogens is 438 g/mol. The van der Waals surface area contributed by atoms with E-state index in [1.807, 2.05) is 54.6 Å². The smallest absolute Gasteiger partial charge is 0.407 e. The predicted molar refractivity (Wildman–Crippen MR) is 122 cm³/mol. The molecule has 0 aromatic heterocycles. The Bertz CT molecular complexity index is 1030. The van der Waals surface area contributed by atoms with Crippen molar-refractivity contribution in [2.24, 2.45) is 0 Å². The van der Waals surface area contributed by atoms with Gasteiger partial charge in [-0.05, 0) is 48.4 Å². The molecule has 34 heavy (non-hydrogen) atoms. The number of carboxylic acids is 1. The Labute approximate surface area is 197 Å². The quantitative estimate of drug-likeness (QED) is 0.341. The van der Waals surface area contributed by atoms with Crippen LogP contribution in [0.3, 0.4) is 0 Å². The third-order valence-corrected chi connectivity index (χ3v) is 5.67. The summed E-state index contributed by atoms with van der Waals surface area (Å²) in [6.07, 6.45) is -0.400. The summed E-state index contributed by atoms with van der Waals surface area (Å²) in [5.74, 6) is -2.06. The first-order valence-electron chi connectivity index (χ1n) is 11.1. The van der Waals surface area contributed by atoms with Crippen LogP contribution < -0.4 is 10.8 Å². The van der Waals surface area contributed by atoms with E-state index in [0.29, 0.717) is 19.3 Å². The lowest BCUT2D eigenvalue weighted by molar-refractivity contribution is -0.159. The molecule has 9 nitrogen and oxygen atoms in total. The van der Waals surface area contributed by atoms with Crippen molar-refractivity contribution in [3.8, 4) is 17.2 Å². The molecule has 2 amide bonds. The van der Waals surface area contributed by atoms with E-state index in [1.54, 1.807) is 0 Å². The van der Waals surface area contributed by atoms with E-state index in [0.717, 1.165) is 22.3 Å². The number of benzene rings is 2. The summed E-state index contributed by atoms with van der Waals surface area (Å²) in [6, 6.07) is 16.9. The molecule has 9 heteroatoms. The molecule has 2 unspecified atom stereocenters. The van der Waals surface area contributed by atoms with Crippen molar-refractivity contribution < 1.29 is 29.1 Å². The molecule has 0 saturated heterocycles. The second-order valence-corrected chi connectivity index (χ2v) is 7.99. The summed E-state index contributed by atoms with van der Waals surface area (Å²) in [4.78, 5) is 40.8. The van der Waals surface area contributed by atoms with Crippen LogP contribution in [-0.2, 0) is 19.2 Å². The average Bonchev–Trinajstić information content (AvgIpc) is 3.16. The summed E-state index contributed by atoms with van der Waals surface area (Å²) >= 11 is 0. The second kappa shape index (κ2) is 11.8. The Balaban J connectivity index is 1.62. The lowest BCUT2D eigenvalue weighted by Gasteiger charge is -2.20. The van der Waals surface area contributed by atoms with Crippen LogP contribution in [0.2, 0.25) is 0 Å². The molecule has 3 rings (SSSR count). The highest BCUT2D eigenvalue weighted by molar-refractivity contribution is 5.85. The fourth-order valence-corrected chi connectivity index (χ4v) is 3.87. The monoisotopic (exact) mass is 465 g/mol. The van der Waals surface area contributed by atoms with Crippen LogP contribution in [0.15, 0.2) is 48.5 Å². The van der Waals surface area contributed by atoms with Gasteiger partial charge in [0.2, 0.25) is 0 Å². The number of amides is 2. The number of carbonyl (C=O) groups is 3. The SMILES string of the molecule is CC(ONC(=O)C(CCCCC#N)NC(=O)OCC1c2ccccc2-c2ccccc21)C(=O)O. The molecule has 2 aromatic rings. The molecule has 0 saturated carbocycles. The number of hydrogen-bond acceptors (Lipinski definition) is 6. The molecule has 0 heterocycles. The van der Waals surface area contributed by atoms with Crippen molar-refractivity contribution in [2.45, 2.75) is 50.7 Å². The fourth-order valence-electron chi connectivity index (χ4n) is 3.87. The highest BCUT2D eigenvalue weighted by Gasteiger charge is 2.30. The standard InChI is InChI=1S/C25H27N3O6/c1-16(24(30)31)34-28-23(29)22(13-3-2-8-14-26)27-25(32)33-15-21-19-11-6-4-9-17(19)18-10-5-7-12-20(18)21/h4-7,9-12,16,21-22H,2-3,8,13,15H2,1H3,(H,27,32)(H,28,29)(H,30,31). The fraction of sp³-hybridized carbons (Fsp3) is 0.360. The maximum Gasteiger partial charge on any atom is 0.407 e. The first-order valence-corrected chi connectivity index (χ1v) is 11.1. The van der Waals surface area contributed by atoms with Crippen LogP contribution in [0.4, 0.5) is 4.79 Å². The molecule has 0 radical (unpaired) electrons. The van der Waals surface area contributed by atoms with E-state index in [2.05, 4.69) is 10.8 Å². The third-order valence-electron chi connectivity index (χ3n) is 5.67. The van der Waals surface area contributed by atoms with Crippen LogP contribution in [0.1, 0.15) is 49.7 Å². The van der Waals surface area contributed by atoms with Crippen molar-refractivity contribution in [3.05, 3.63) is 59.7 Å². The second-order valence-electron chi connectivity index (χ2n) is 7.99. The molecule has 178 valence electrons. The van der Waals surface area contributed by atoms with Gasteiger partial charge in [-0.15, -0.1) is 0 Å². The van der Waals surface area contributed by atoms with Gasteiger partial charge in [-0.1, -0.05) is 48.5 Å². The van der Waals surface area contributed by atoms with Gasteiger partial charge in [0.15, 0.2) is 6.10 Å². The van der Waals surface area contributed by atoms with Gasteiger partial charge >= 0.3 is 12.1 Å². The minimum atomic E-state index is -1.25. The number of aliphatic carboxylic acids is 1. The molecule has 1 aliphatic carbocycles. The number of hydrogen-bond donors (Lipinski definition) is 3. The number of hydroxylamine groups is 1. The number of carboxylic acid groups (broad SMARTS) is 1. The van der Waals surface area contributed by atoms with Crippen LogP contribution in [0.5, 0.6) is 0 Å². The topological polar surface area (TPSA) is 138 Å². The van der Waals surface area contributed by atoms with Crippen molar-refractivity contribution in [2.75, 3.05) is 6.61 Å². The number of nitrogens with one attached hydrogen (secondary N) is 2. The van der Waals surface area contributed by atoms with Gasteiger partial charge in [-0.2, -0.15) is 5.26 Å². The minimum absolute atomic E-state index is 0.0924. The Morgan fingerprint density at radius 2 is 1.68 bits per heavy atom. The molecule has 1 aliphatic rings. The van der Waals surface area contributed by atoms with Gasteiger partial charge in [-0.25, -0.2) is 15.1 Å². The van der Waals surface area contributed by atoms with Crippen LogP contribution in [0.25, 0.3) is 11.1 Å². The summed E-state index contributed by atoms with van der Waals surface area (Å²) in [5.41, 5.74) is 6.42. The zero-order chi connectivity index (χ0) is 24.5. The summed E-state index contributed by atoms with van der Waals surface area (Å²) in [5, 5.41) is 20.1. The lowest BCUT2D eigenvalue weighted by atomic mass is 9.98.